The van der Waals surface area contributed by atoms with Crippen molar-refractivity contribution in [2.75, 3.05) is 7.11 Å². The summed E-state index contributed by atoms with van der Waals surface area (Å²) in [6, 6.07) is -1.16. The molecule has 0 aliphatic heterocycles. The first kappa shape index (κ1) is 16.7. The van der Waals surface area contributed by atoms with E-state index >= 15 is 0 Å². The Balaban J connectivity index is 2.81. The number of carboxylic acids is 1. The number of hydrogen-bond acceptors (Lipinski definition) is 5. The lowest BCUT2D eigenvalue weighted by Gasteiger charge is -2.14. The summed E-state index contributed by atoms with van der Waals surface area (Å²) in [4.78, 5) is 34.4. The van der Waals surface area contributed by atoms with Gasteiger partial charge in [0.05, 0.1) is 18.4 Å². The molecule has 0 fully saturated rings. The molecule has 8 nitrogen and oxygen atoms in total. The molecule has 1 heterocycles. The summed E-state index contributed by atoms with van der Waals surface area (Å²) >= 11 is 0. The Bertz CT molecular complexity index is 564. The minimum absolute atomic E-state index is 0.0356. The second kappa shape index (κ2) is 6.87. The highest BCUT2D eigenvalue weighted by Gasteiger charge is 2.25. The number of hydrogen-bond donors (Lipinski definition) is 2. The van der Waals surface area contributed by atoms with Crippen LogP contribution in [0.2, 0.25) is 0 Å². The van der Waals surface area contributed by atoms with E-state index in [1.165, 1.54) is 7.11 Å². The summed E-state index contributed by atoms with van der Waals surface area (Å²) in [7, 11) is 2.92. The number of nitrogens with zero attached hydrogens (tertiary/aromatic N) is 2. The van der Waals surface area contributed by atoms with Gasteiger partial charge in [0.25, 0.3) is 5.91 Å². The lowest BCUT2D eigenvalue weighted by molar-refractivity contribution is -0.142. The van der Waals surface area contributed by atoms with Crippen LogP contribution in [0, 0.1) is 13.8 Å². The van der Waals surface area contributed by atoms with Gasteiger partial charge in [-0.15, -0.1) is 0 Å². The molecule has 1 rings (SSSR count). The van der Waals surface area contributed by atoms with Gasteiger partial charge < -0.3 is 15.2 Å². The van der Waals surface area contributed by atoms with Crippen molar-refractivity contribution in [3.05, 3.63) is 17.0 Å². The molecule has 0 saturated carbocycles. The van der Waals surface area contributed by atoms with Gasteiger partial charge in [0.2, 0.25) is 0 Å². The smallest absolute Gasteiger partial charge is 0.326 e. The fourth-order valence-electron chi connectivity index (χ4n) is 1.95. The Labute approximate surface area is 122 Å². The van der Waals surface area contributed by atoms with Crippen LogP contribution < -0.4 is 5.32 Å². The zero-order valence-corrected chi connectivity index (χ0v) is 12.5. The van der Waals surface area contributed by atoms with Crippen molar-refractivity contribution in [1.29, 1.82) is 0 Å². The quantitative estimate of drug-likeness (QED) is 0.724. The number of amides is 1. The summed E-state index contributed by atoms with van der Waals surface area (Å²) in [5.74, 6) is -2.24. The van der Waals surface area contributed by atoms with E-state index in [-0.39, 0.29) is 12.8 Å². The van der Waals surface area contributed by atoms with E-state index in [1.54, 1.807) is 25.6 Å². The molecule has 0 aromatic carbocycles. The van der Waals surface area contributed by atoms with Crippen LogP contribution in [0.4, 0.5) is 0 Å². The van der Waals surface area contributed by atoms with Crippen molar-refractivity contribution in [1.82, 2.24) is 15.1 Å². The molecular weight excluding hydrogens is 278 g/mol. The third-order valence-electron chi connectivity index (χ3n) is 3.20. The SMILES string of the molecule is COC(=O)CC[C@@H](NC(=O)c1c(C)nn(C)c1C)C(=O)O. The Morgan fingerprint density at radius 3 is 2.43 bits per heavy atom. The van der Waals surface area contributed by atoms with Gasteiger partial charge in [-0.2, -0.15) is 5.10 Å². The number of esters is 1. The van der Waals surface area contributed by atoms with E-state index in [2.05, 4.69) is 15.2 Å². The molecule has 0 spiro atoms. The summed E-state index contributed by atoms with van der Waals surface area (Å²) < 4.78 is 6.00. The fraction of sp³-hybridized carbons (Fsp3) is 0.538. The van der Waals surface area contributed by atoms with Gasteiger partial charge in [-0.1, -0.05) is 0 Å². The zero-order chi connectivity index (χ0) is 16.2. The van der Waals surface area contributed by atoms with Gasteiger partial charge in [0, 0.05) is 19.2 Å². The van der Waals surface area contributed by atoms with E-state index in [4.69, 9.17) is 5.11 Å². The number of aryl methyl sites for hydroxylation is 2. The second-order valence-corrected chi connectivity index (χ2v) is 4.65. The highest BCUT2D eigenvalue weighted by Crippen LogP contribution is 2.12. The molecule has 1 amide bonds. The van der Waals surface area contributed by atoms with Gasteiger partial charge in [0.1, 0.15) is 6.04 Å². The van der Waals surface area contributed by atoms with E-state index in [9.17, 15) is 14.4 Å². The summed E-state index contributed by atoms with van der Waals surface area (Å²) in [5.41, 5.74) is 1.51. The number of rotatable bonds is 6. The monoisotopic (exact) mass is 297 g/mol. The molecule has 0 saturated heterocycles. The Kier molecular flexibility index (Phi) is 5.45. The third kappa shape index (κ3) is 4.04. The third-order valence-corrected chi connectivity index (χ3v) is 3.20. The van der Waals surface area contributed by atoms with Crippen LogP contribution in [0.3, 0.4) is 0 Å². The molecule has 0 bridgehead atoms. The van der Waals surface area contributed by atoms with Crippen LogP contribution in [0.5, 0.6) is 0 Å². The predicted molar refractivity (Wildman–Crippen MR) is 72.8 cm³/mol. The van der Waals surface area contributed by atoms with Crippen molar-refractivity contribution in [2.24, 2.45) is 7.05 Å². The summed E-state index contributed by atoms with van der Waals surface area (Å²) in [6.07, 6.45) is -0.120. The number of carbonyl (C=O) groups excluding carboxylic acids is 2. The molecule has 0 aliphatic rings. The largest absolute Gasteiger partial charge is 0.480 e. The molecule has 21 heavy (non-hydrogen) atoms. The van der Waals surface area contributed by atoms with Crippen LogP contribution in [-0.2, 0) is 21.4 Å². The Morgan fingerprint density at radius 2 is 2.00 bits per heavy atom. The number of methoxy groups -OCH3 is 1. The first-order valence-corrected chi connectivity index (χ1v) is 6.38. The molecule has 0 radical (unpaired) electrons. The first-order chi connectivity index (χ1) is 9.77. The van der Waals surface area contributed by atoms with E-state index in [0.717, 1.165) is 0 Å². The maximum atomic E-state index is 12.2. The lowest BCUT2D eigenvalue weighted by Crippen LogP contribution is -2.41. The first-order valence-electron chi connectivity index (χ1n) is 6.38. The van der Waals surface area contributed by atoms with Gasteiger partial charge >= 0.3 is 11.9 Å². The van der Waals surface area contributed by atoms with Crippen LogP contribution in [0.1, 0.15) is 34.6 Å². The molecule has 1 aromatic rings. The van der Waals surface area contributed by atoms with Gasteiger partial charge in [-0.3, -0.25) is 14.3 Å². The van der Waals surface area contributed by atoms with Crippen molar-refractivity contribution in [2.45, 2.75) is 32.7 Å². The zero-order valence-electron chi connectivity index (χ0n) is 12.5. The topological polar surface area (TPSA) is 111 Å². The molecule has 8 heteroatoms. The number of carbonyl (C=O) groups is 3. The molecule has 1 aromatic heterocycles. The number of aromatic nitrogens is 2. The van der Waals surface area contributed by atoms with Gasteiger partial charge in [-0.25, -0.2) is 4.79 Å². The van der Waals surface area contributed by atoms with Crippen LogP contribution >= 0.6 is 0 Å². The average molecular weight is 297 g/mol. The maximum absolute atomic E-state index is 12.2. The van der Waals surface area contributed by atoms with Crippen LogP contribution in [0.15, 0.2) is 0 Å². The molecule has 0 unspecified atom stereocenters. The van der Waals surface area contributed by atoms with Crippen molar-refractivity contribution in [3.63, 3.8) is 0 Å². The molecule has 2 N–H and O–H groups in total. The van der Waals surface area contributed by atoms with Crippen LogP contribution in [-0.4, -0.2) is 45.9 Å². The Hall–Kier alpha value is -2.38. The number of aliphatic carboxylic acids is 1. The molecule has 0 aliphatic carbocycles. The summed E-state index contributed by atoms with van der Waals surface area (Å²) in [5, 5.41) is 15.6. The molecule has 1 atom stereocenters. The highest BCUT2D eigenvalue weighted by molar-refractivity contribution is 5.98. The normalized spacial score (nSPS) is 11.8. The number of carboxylic acid groups (broad SMARTS) is 1. The van der Waals surface area contributed by atoms with E-state index in [1.807, 2.05) is 0 Å². The van der Waals surface area contributed by atoms with Crippen LogP contribution in [0.25, 0.3) is 0 Å². The standard InChI is InChI=1S/C13H19N3O5/c1-7-11(8(2)16(3)15-7)12(18)14-9(13(19)20)5-6-10(17)21-4/h9H,5-6H2,1-4H3,(H,14,18)(H,19,20)/t9-/m1/s1. The maximum Gasteiger partial charge on any atom is 0.326 e. The average Bonchev–Trinajstić information content (AvgIpc) is 2.67. The number of ether oxygens (including phenoxy) is 1. The van der Waals surface area contributed by atoms with Gasteiger partial charge in [-0.05, 0) is 20.3 Å². The van der Waals surface area contributed by atoms with Crippen molar-refractivity contribution < 1.29 is 24.2 Å². The summed E-state index contributed by atoms with van der Waals surface area (Å²) in [6.45, 7) is 3.39. The number of nitrogens with one attached hydrogen (secondary N) is 1. The van der Waals surface area contributed by atoms with E-state index < -0.39 is 23.9 Å². The van der Waals surface area contributed by atoms with Gasteiger partial charge in [0.15, 0.2) is 0 Å². The predicted octanol–water partition coefficient (Wildman–Crippen LogP) is 0.173. The molecular formula is C13H19N3O5. The fourth-order valence-corrected chi connectivity index (χ4v) is 1.95. The lowest BCUT2D eigenvalue weighted by atomic mass is 10.1. The highest BCUT2D eigenvalue weighted by atomic mass is 16.5. The minimum atomic E-state index is -1.20. The minimum Gasteiger partial charge on any atom is -0.480 e. The van der Waals surface area contributed by atoms with E-state index in [0.29, 0.717) is 17.0 Å². The second-order valence-electron chi connectivity index (χ2n) is 4.65. The Morgan fingerprint density at radius 1 is 1.38 bits per heavy atom. The molecule has 116 valence electrons. The van der Waals surface area contributed by atoms with Crippen molar-refractivity contribution >= 4 is 17.8 Å². The van der Waals surface area contributed by atoms with Crippen molar-refractivity contribution in [3.8, 4) is 0 Å².